The van der Waals surface area contributed by atoms with E-state index in [0.717, 1.165) is 5.56 Å². The average Bonchev–Trinajstić information content (AvgIpc) is 2.83. The van der Waals surface area contributed by atoms with Crippen molar-refractivity contribution in [2.45, 2.75) is 26.1 Å². The van der Waals surface area contributed by atoms with Crippen LogP contribution in [0.4, 0.5) is 19.0 Å². The minimum Gasteiger partial charge on any atom is -0.467 e. The third-order valence-corrected chi connectivity index (χ3v) is 6.55. The number of ether oxygens (including phenoxy) is 1. The van der Waals surface area contributed by atoms with Crippen LogP contribution in [-0.4, -0.2) is 64.3 Å². The molecule has 2 aromatic carbocycles. The lowest BCUT2D eigenvalue weighted by Gasteiger charge is -2.39. The zero-order valence-electron chi connectivity index (χ0n) is 20.3. The number of rotatable bonds is 3. The first kappa shape index (κ1) is 24.0. The molecule has 1 aliphatic rings. The van der Waals surface area contributed by atoms with E-state index in [2.05, 4.69) is 19.9 Å². The first-order valence-electron chi connectivity index (χ1n) is 11.5. The third-order valence-electron chi connectivity index (χ3n) is 6.55. The number of likely N-dealkylation sites (N-methyl/N-ethyl adjacent to an activating group) is 1. The maximum Gasteiger partial charge on any atom is 0.450 e. The highest BCUT2D eigenvalue weighted by molar-refractivity contribution is 5.94. The Hall–Kier alpha value is -3.73. The molecular formula is C25H25F3N6O2. The standard InChI is InChI=1S/C25H25F3N6O2/c1-14-7-5-8-16-9-6-10-17(18(14)16)34-22(35)20-19(29-23(34)25(26,27)28)21(31-24(30-20)36-4)33-12-11-32(3)13-15(33)2/h5-10,15H,11-13H2,1-4H3/t15-/m0/s1. The molecule has 188 valence electrons. The molecule has 0 bridgehead atoms. The van der Waals surface area contributed by atoms with Crippen LogP contribution in [0, 0.1) is 6.92 Å². The number of aryl methyl sites for hydroxylation is 1. The SMILES string of the molecule is COc1nc(N2CCN(C)C[C@@H]2C)c2nc(C(F)(F)F)n(-c3cccc4cccc(C)c34)c(=O)c2n1. The normalized spacial score (nSPS) is 17.2. The molecule has 0 saturated carbocycles. The van der Waals surface area contributed by atoms with Crippen LogP contribution in [0.2, 0.25) is 0 Å². The van der Waals surface area contributed by atoms with Crippen molar-refractivity contribution in [2.75, 3.05) is 38.7 Å². The van der Waals surface area contributed by atoms with Crippen molar-refractivity contribution in [3.63, 3.8) is 0 Å². The molecule has 11 heteroatoms. The Morgan fingerprint density at radius 3 is 2.42 bits per heavy atom. The number of aromatic nitrogens is 4. The maximum absolute atomic E-state index is 14.5. The highest BCUT2D eigenvalue weighted by Gasteiger charge is 2.39. The number of hydrogen-bond acceptors (Lipinski definition) is 7. The quantitative estimate of drug-likeness (QED) is 0.425. The fourth-order valence-corrected chi connectivity index (χ4v) is 4.88. The minimum absolute atomic E-state index is 0.0779. The average molecular weight is 499 g/mol. The van der Waals surface area contributed by atoms with Crippen LogP contribution >= 0.6 is 0 Å². The largest absolute Gasteiger partial charge is 0.467 e. The molecule has 5 rings (SSSR count). The van der Waals surface area contributed by atoms with Crippen molar-refractivity contribution in [2.24, 2.45) is 0 Å². The van der Waals surface area contributed by atoms with Gasteiger partial charge >= 0.3 is 12.2 Å². The fourth-order valence-electron chi connectivity index (χ4n) is 4.88. The summed E-state index contributed by atoms with van der Waals surface area (Å²) in [5.74, 6) is -1.17. The molecule has 0 aliphatic carbocycles. The summed E-state index contributed by atoms with van der Waals surface area (Å²) in [6.07, 6.45) is -4.91. The van der Waals surface area contributed by atoms with E-state index in [0.29, 0.717) is 35.0 Å². The molecule has 2 aromatic heterocycles. The van der Waals surface area contributed by atoms with Crippen LogP contribution in [-0.2, 0) is 6.18 Å². The van der Waals surface area contributed by atoms with E-state index < -0.39 is 17.6 Å². The van der Waals surface area contributed by atoms with Crippen molar-refractivity contribution in [1.29, 1.82) is 0 Å². The van der Waals surface area contributed by atoms with Gasteiger partial charge in [-0.2, -0.15) is 23.1 Å². The van der Waals surface area contributed by atoms with Gasteiger partial charge in [0, 0.05) is 31.1 Å². The van der Waals surface area contributed by atoms with Gasteiger partial charge in [0.1, 0.15) is 5.52 Å². The molecule has 0 N–H and O–H groups in total. The van der Waals surface area contributed by atoms with Crippen molar-refractivity contribution in [3.8, 4) is 11.7 Å². The molecule has 3 heterocycles. The van der Waals surface area contributed by atoms with Crippen molar-refractivity contribution in [1.82, 2.24) is 24.4 Å². The summed E-state index contributed by atoms with van der Waals surface area (Å²) < 4.78 is 49.3. The summed E-state index contributed by atoms with van der Waals surface area (Å²) in [6, 6.07) is 10.1. The molecular weight excluding hydrogens is 473 g/mol. The number of hydrogen-bond donors (Lipinski definition) is 0. The molecule has 1 aliphatic heterocycles. The highest BCUT2D eigenvalue weighted by atomic mass is 19.4. The van der Waals surface area contributed by atoms with Crippen molar-refractivity contribution >= 4 is 27.6 Å². The van der Waals surface area contributed by atoms with Gasteiger partial charge in [0.15, 0.2) is 11.3 Å². The van der Waals surface area contributed by atoms with Crippen LogP contribution in [0.3, 0.4) is 0 Å². The van der Waals surface area contributed by atoms with Gasteiger partial charge in [-0.25, -0.2) is 4.98 Å². The number of nitrogens with zero attached hydrogens (tertiary/aromatic N) is 6. The van der Waals surface area contributed by atoms with Crippen molar-refractivity contribution < 1.29 is 17.9 Å². The monoisotopic (exact) mass is 498 g/mol. The second-order valence-electron chi connectivity index (χ2n) is 9.06. The summed E-state index contributed by atoms with van der Waals surface area (Å²) >= 11 is 0. The zero-order valence-corrected chi connectivity index (χ0v) is 20.3. The molecule has 4 aromatic rings. The Kier molecular flexibility index (Phi) is 5.82. The Bertz CT molecular complexity index is 1530. The molecule has 0 spiro atoms. The van der Waals surface area contributed by atoms with Gasteiger partial charge in [0.2, 0.25) is 5.82 Å². The van der Waals surface area contributed by atoms with Gasteiger partial charge in [-0.1, -0.05) is 30.3 Å². The predicted molar refractivity (Wildman–Crippen MR) is 131 cm³/mol. The number of fused-ring (bicyclic) bond motifs is 2. The molecule has 36 heavy (non-hydrogen) atoms. The molecule has 0 unspecified atom stereocenters. The highest BCUT2D eigenvalue weighted by Crippen LogP contribution is 2.35. The van der Waals surface area contributed by atoms with Gasteiger partial charge in [-0.3, -0.25) is 9.36 Å². The van der Waals surface area contributed by atoms with Gasteiger partial charge in [0.25, 0.3) is 5.56 Å². The topological polar surface area (TPSA) is 76.4 Å². The molecule has 0 radical (unpaired) electrons. The molecule has 1 atom stereocenters. The number of halogens is 3. The van der Waals surface area contributed by atoms with Gasteiger partial charge in [-0.05, 0) is 37.9 Å². The predicted octanol–water partition coefficient (Wildman–Crippen LogP) is 3.81. The Morgan fingerprint density at radius 2 is 1.75 bits per heavy atom. The number of piperazine rings is 1. The van der Waals surface area contributed by atoms with E-state index >= 15 is 0 Å². The number of benzene rings is 2. The smallest absolute Gasteiger partial charge is 0.450 e. The van der Waals surface area contributed by atoms with E-state index in [9.17, 15) is 18.0 Å². The summed E-state index contributed by atoms with van der Waals surface area (Å²) in [6.45, 7) is 5.59. The van der Waals surface area contributed by atoms with Gasteiger partial charge < -0.3 is 14.5 Å². The van der Waals surface area contributed by atoms with E-state index in [-0.39, 0.29) is 34.6 Å². The Balaban J connectivity index is 1.89. The molecule has 0 amide bonds. The fraction of sp³-hybridized carbons (Fsp3) is 0.360. The van der Waals surface area contributed by atoms with Crippen LogP contribution in [0.1, 0.15) is 18.3 Å². The van der Waals surface area contributed by atoms with E-state index in [1.54, 1.807) is 31.2 Å². The Morgan fingerprint density at radius 1 is 1.03 bits per heavy atom. The summed E-state index contributed by atoms with van der Waals surface area (Å²) in [7, 11) is 3.32. The lowest BCUT2D eigenvalue weighted by Crippen LogP contribution is -2.51. The van der Waals surface area contributed by atoms with Crippen LogP contribution in [0.5, 0.6) is 6.01 Å². The second-order valence-corrected chi connectivity index (χ2v) is 9.06. The van der Waals surface area contributed by atoms with E-state index in [4.69, 9.17) is 4.74 Å². The first-order valence-corrected chi connectivity index (χ1v) is 11.5. The molecule has 1 saturated heterocycles. The van der Waals surface area contributed by atoms with Crippen LogP contribution in [0.25, 0.3) is 27.5 Å². The van der Waals surface area contributed by atoms with Crippen LogP contribution in [0.15, 0.2) is 41.2 Å². The zero-order chi connectivity index (χ0) is 25.8. The second kappa shape index (κ2) is 8.74. The number of alkyl halides is 3. The summed E-state index contributed by atoms with van der Waals surface area (Å²) in [4.78, 5) is 30.3. The first-order chi connectivity index (χ1) is 17.1. The van der Waals surface area contributed by atoms with Crippen molar-refractivity contribution in [3.05, 3.63) is 58.1 Å². The minimum atomic E-state index is -4.91. The number of anilines is 1. The van der Waals surface area contributed by atoms with E-state index in [1.165, 1.54) is 13.2 Å². The third kappa shape index (κ3) is 3.93. The summed E-state index contributed by atoms with van der Waals surface area (Å²) in [5, 5.41) is 1.24. The van der Waals surface area contributed by atoms with Gasteiger partial charge in [-0.15, -0.1) is 0 Å². The van der Waals surface area contributed by atoms with E-state index in [1.807, 2.05) is 24.9 Å². The maximum atomic E-state index is 14.5. The van der Waals surface area contributed by atoms with Gasteiger partial charge in [0.05, 0.1) is 12.8 Å². The lowest BCUT2D eigenvalue weighted by atomic mass is 10.0. The number of methoxy groups -OCH3 is 1. The lowest BCUT2D eigenvalue weighted by molar-refractivity contribution is -0.146. The summed E-state index contributed by atoms with van der Waals surface area (Å²) in [5.41, 5.74) is -0.550. The Labute approximate surface area is 205 Å². The molecule has 1 fully saturated rings. The van der Waals surface area contributed by atoms with Crippen LogP contribution < -0.4 is 15.2 Å². The molecule has 8 nitrogen and oxygen atoms in total.